The molecule has 0 saturated heterocycles. The maximum atomic E-state index is 14.1. The number of benzene rings is 3. The monoisotopic (exact) mass is 494 g/mol. The van der Waals surface area contributed by atoms with Crippen LogP contribution in [0, 0.1) is 5.82 Å². The van der Waals surface area contributed by atoms with Crippen LogP contribution in [0.15, 0.2) is 84.0 Å². The Morgan fingerprint density at radius 1 is 0.971 bits per heavy atom. The van der Waals surface area contributed by atoms with E-state index < -0.39 is 0 Å². The summed E-state index contributed by atoms with van der Waals surface area (Å²) >= 11 is 7.61. The zero-order chi connectivity index (χ0) is 23.8. The molecule has 0 radical (unpaired) electrons. The summed E-state index contributed by atoms with van der Waals surface area (Å²) in [5.74, 6) is 0.760. The van der Waals surface area contributed by atoms with Gasteiger partial charge in [0.25, 0.3) is 0 Å². The second-order valence-corrected chi connectivity index (χ2v) is 9.06. The van der Waals surface area contributed by atoms with Crippen LogP contribution in [0.4, 0.5) is 4.39 Å². The van der Waals surface area contributed by atoms with Crippen LogP contribution in [-0.4, -0.2) is 27.2 Å². The Hall–Kier alpha value is -3.16. The maximum absolute atomic E-state index is 14.1. The lowest BCUT2D eigenvalue weighted by molar-refractivity contribution is -0.121. The molecule has 34 heavy (non-hydrogen) atoms. The summed E-state index contributed by atoms with van der Waals surface area (Å²) in [7, 11) is 0. The Labute approximate surface area is 207 Å². The molecule has 0 bridgehead atoms. The number of nitrogens with one attached hydrogen (secondary N) is 1. The van der Waals surface area contributed by atoms with Crippen LogP contribution >= 0.6 is 23.4 Å². The van der Waals surface area contributed by atoms with E-state index in [1.54, 1.807) is 18.2 Å². The highest BCUT2D eigenvalue weighted by Gasteiger charge is 2.17. The predicted octanol–water partition coefficient (Wildman–Crippen LogP) is 5.64. The Morgan fingerprint density at radius 2 is 1.76 bits per heavy atom. The van der Waals surface area contributed by atoms with Crippen LogP contribution in [0.1, 0.15) is 23.4 Å². The molecule has 1 heterocycles. The fourth-order valence-electron chi connectivity index (χ4n) is 3.49. The second kappa shape index (κ2) is 11.8. The SMILES string of the molecule is O=C(CCc1nnc(SCc2ccccc2F)n1-c1cccc(Cl)c1)NCCc1ccccc1. The maximum Gasteiger partial charge on any atom is 0.220 e. The van der Waals surface area contributed by atoms with Crippen LogP contribution in [0.5, 0.6) is 0 Å². The molecule has 0 aliphatic carbocycles. The molecule has 4 rings (SSSR count). The Bertz CT molecular complexity index is 1250. The number of carbonyl (C=O) groups is 1. The van der Waals surface area contributed by atoms with Gasteiger partial charge >= 0.3 is 0 Å². The summed E-state index contributed by atoms with van der Waals surface area (Å²) in [6, 6.07) is 24.1. The highest BCUT2D eigenvalue weighted by Crippen LogP contribution is 2.27. The number of carbonyl (C=O) groups excluding carboxylic acids is 1. The van der Waals surface area contributed by atoms with E-state index in [2.05, 4.69) is 15.5 Å². The molecule has 174 valence electrons. The molecule has 0 saturated carbocycles. The van der Waals surface area contributed by atoms with Gasteiger partial charge in [0, 0.05) is 30.2 Å². The van der Waals surface area contributed by atoms with Crippen LogP contribution in [0.2, 0.25) is 5.02 Å². The molecule has 1 N–H and O–H groups in total. The zero-order valence-corrected chi connectivity index (χ0v) is 20.0. The fourth-order valence-corrected chi connectivity index (χ4v) is 4.63. The highest BCUT2D eigenvalue weighted by atomic mass is 35.5. The number of halogens is 2. The number of nitrogens with zero attached hydrogens (tertiary/aromatic N) is 3. The minimum atomic E-state index is -0.254. The smallest absolute Gasteiger partial charge is 0.220 e. The van der Waals surface area contributed by atoms with E-state index in [4.69, 9.17) is 11.6 Å². The van der Waals surface area contributed by atoms with E-state index in [1.165, 1.54) is 23.4 Å². The fraction of sp³-hybridized carbons (Fsp3) is 0.192. The predicted molar refractivity (Wildman–Crippen MR) is 134 cm³/mol. The van der Waals surface area contributed by atoms with E-state index in [0.717, 1.165) is 12.1 Å². The van der Waals surface area contributed by atoms with E-state index in [0.29, 0.717) is 40.3 Å². The molecule has 8 heteroatoms. The summed E-state index contributed by atoms with van der Waals surface area (Å²) in [6.07, 6.45) is 1.48. The topological polar surface area (TPSA) is 59.8 Å². The minimum Gasteiger partial charge on any atom is -0.356 e. The summed E-state index contributed by atoms with van der Waals surface area (Å²) in [4.78, 5) is 12.4. The third-order valence-electron chi connectivity index (χ3n) is 5.24. The molecule has 0 fully saturated rings. The van der Waals surface area contributed by atoms with Gasteiger partial charge in [-0.3, -0.25) is 9.36 Å². The van der Waals surface area contributed by atoms with Gasteiger partial charge in [0.15, 0.2) is 5.16 Å². The van der Waals surface area contributed by atoms with Crippen LogP contribution in [0.3, 0.4) is 0 Å². The number of hydrogen-bond acceptors (Lipinski definition) is 4. The number of aryl methyl sites for hydroxylation is 1. The molecule has 0 aliphatic heterocycles. The van der Waals surface area contributed by atoms with Gasteiger partial charge < -0.3 is 5.32 Å². The first-order chi connectivity index (χ1) is 16.6. The van der Waals surface area contributed by atoms with Gasteiger partial charge in [-0.1, -0.05) is 78.0 Å². The number of hydrogen-bond donors (Lipinski definition) is 1. The summed E-state index contributed by atoms with van der Waals surface area (Å²) in [5, 5.41) is 12.8. The lowest BCUT2D eigenvalue weighted by atomic mass is 10.1. The van der Waals surface area contributed by atoms with E-state index in [9.17, 15) is 9.18 Å². The van der Waals surface area contributed by atoms with Crippen molar-refractivity contribution in [3.63, 3.8) is 0 Å². The number of amides is 1. The van der Waals surface area contributed by atoms with Gasteiger partial charge in [-0.2, -0.15) is 0 Å². The van der Waals surface area contributed by atoms with Gasteiger partial charge in [0.1, 0.15) is 11.6 Å². The summed E-state index contributed by atoms with van der Waals surface area (Å²) in [6.45, 7) is 0.577. The number of rotatable bonds is 10. The molecule has 0 unspecified atom stereocenters. The van der Waals surface area contributed by atoms with Crippen molar-refractivity contribution in [1.29, 1.82) is 0 Å². The third kappa shape index (κ3) is 6.46. The number of aromatic nitrogens is 3. The van der Waals surface area contributed by atoms with Crippen LogP contribution in [-0.2, 0) is 23.4 Å². The minimum absolute atomic E-state index is 0.0443. The molecule has 3 aromatic carbocycles. The lowest BCUT2D eigenvalue weighted by Gasteiger charge is -2.11. The van der Waals surface area contributed by atoms with Gasteiger partial charge in [-0.25, -0.2) is 4.39 Å². The largest absolute Gasteiger partial charge is 0.356 e. The Balaban J connectivity index is 1.43. The zero-order valence-electron chi connectivity index (χ0n) is 18.5. The highest BCUT2D eigenvalue weighted by molar-refractivity contribution is 7.98. The van der Waals surface area contributed by atoms with Crippen molar-refractivity contribution in [1.82, 2.24) is 20.1 Å². The lowest BCUT2D eigenvalue weighted by Crippen LogP contribution is -2.26. The van der Waals surface area contributed by atoms with Gasteiger partial charge in [0.2, 0.25) is 5.91 Å². The van der Waals surface area contributed by atoms with Gasteiger partial charge in [-0.05, 0) is 41.8 Å². The van der Waals surface area contributed by atoms with Crippen molar-refractivity contribution in [3.8, 4) is 5.69 Å². The first-order valence-electron chi connectivity index (χ1n) is 11.0. The van der Waals surface area contributed by atoms with Crippen molar-refractivity contribution in [2.24, 2.45) is 0 Å². The van der Waals surface area contributed by atoms with Crippen molar-refractivity contribution >= 4 is 29.3 Å². The van der Waals surface area contributed by atoms with Gasteiger partial charge in [0.05, 0.1) is 5.69 Å². The van der Waals surface area contributed by atoms with E-state index in [1.807, 2.05) is 59.2 Å². The van der Waals surface area contributed by atoms with E-state index in [-0.39, 0.29) is 18.1 Å². The quantitative estimate of drug-likeness (QED) is 0.290. The second-order valence-electron chi connectivity index (χ2n) is 7.68. The summed E-state index contributed by atoms with van der Waals surface area (Å²) in [5.41, 5.74) is 2.57. The molecular weight excluding hydrogens is 471 g/mol. The average molecular weight is 495 g/mol. The van der Waals surface area contributed by atoms with Crippen molar-refractivity contribution < 1.29 is 9.18 Å². The standard InChI is InChI=1S/C26H24ClFN4OS/c27-21-10-6-11-22(17-21)32-24(13-14-25(33)29-16-15-19-7-2-1-3-8-19)30-31-26(32)34-18-20-9-4-5-12-23(20)28/h1-12,17H,13-16,18H2,(H,29,33). The van der Waals surface area contributed by atoms with Crippen LogP contribution in [0.25, 0.3) is 5.69 Å². The van der Waals surface area contributed by atoms with Crippen molar-refractivity contribution in [3.05, 3.63) is 107 Å². The Kier molecular flexibility index (Phi) is 8.33. The Morgan fingerprint density at radius 3 is 2.56 bits per heavy atom. The molecule has 4 aromatic rings. The van der Waals surface area contributed by atoms with Gasteiger partial charge in [-0.15, -0.1) is 10.2 Å². The molecule has 1 aromatic heterocycles. The van der Waals surface area contributed by atoms with E-state index >= 15 is 0 Å². The molecule has 0 aliphatic rings. The first kappa shape index (κ1) is 24.0. The molecule has 0 spiro atoms. The molecule has 0 atom stereocenters. The molecule has 1 amide bonds. The summed E-state index contributed by atoms with van der Waals surface area (Å²) < 4.78 is 16.0. The number of thioether (sulfide) groups is 1. The van der Waals surface area contributed by atoms with Crippen molar-refractivity contribution in [2.45, 2.75) is 30.2 Å². The van der Waals surface area contributed by atoms with Crippen molar-refractivity contribution in [2.75, 3.05) is 6.54 Å². The molecule has 5 nitrogen and oxygen atoms in total. The molecular formula is C26H24ClFN4OS. The normalized spacial score (nSPS) is 10.9. The average Bonchev–Trinajstić information content (AvgIpc) is 3.26. The third-order valence-corrected chi connectivity index (χ3v) is 6.45. The van der Waals surface area contributed by atoms with Crippen LogP contribution < -0.4 is 5.32 Å². The first-order valence-corrected chi connectivity index (χ1v) is 12.3.